The van der Waals surface area contributed by atoms with E-state index >= 15 is 0 Å². The van der Waals surface area contributed by atoms with Crippen LogP contribution in [0.1, 0.15) is 130 Å². The van der Waals surface area contributed by atoms with Crippen LogP contribution >= 0.6 is 0 Å². The van der Waals surface area contributed by atoms with Gasteiger partial charge < -0.3 is 28.0 Å². The summed E-state index contributed by atoms with van der Waals surface area (Å²) in [6.07, 6.45) is 21.2. The van der Waals surface area contributed by atoms with Crippen LogP contribution in [0.15, 0.2) is 359 Å². The van der Waals surface area contributed by atoms with Gasteiger partial charge in [0.05, 0.1) is 17.1 Å². The van der Waals surface area contributed by atoms with Gasteiger partial charge in [-0.2, -0.15) is 0 Å². The second-order valence-electron chi connectivity index (χ2n) is 40.1. The summed E-state index contributed by atoms with van der Waals surface area (Å²) in [5, 5.41) is 7.00. The molecule has 126 heavy (non-hydrogen) atoms. The van der Waals surface area contributed by atoms with E-state index in [1.165, 1.54) is 191 Å². The molecule has 12 saturated carbocycles. The van der Waals surface area contributed by atoms with Crippen LogP contribution < -0.4 is 14.7 Å². The molecular weight excluding hydrogens is 1530 g/mol. The van der Waals surface area contributed by atoms with E-state index in [0.717, 1.165) is 127 Å². The standard InChI is InChI=1S/3C40H33NO/c2*1-2-9-29(10-3-1)41(30-17-18-32-31-11-5-7-16-37(31)42-38(32)24-30)36-15-8-14-35-39(36)33-12-4-6-13-34(33)40(35)27-20-25-19-26(22-27)23-28(40)21-25;1-2-9-29(10-3-1)41(30-17-18-38-33(24-30)31-11-5-7-16-37(31)42-38)36-15-8-14-35-39(36)32-12-4-6-13-34(32)40(35)27-20-25-19-26(22-27)23-28(40)21-25/h3*1-18,24-28H,19-23H2. The molecule has 15 aromatic carbocycles. The lowest BCUT2D eigenvalue weighted by atomic mass is 9.43. The average molecular weight is 1630 g/mol. The Morgan fingerprint density at radius 1 is 0.183 bits per heavy atom. The molecule has 33 rings (SSSR count). The quantitative estimate of drug-likeness (QED) is 0.144. The zero-order chi connectivity index (χ0) is 82.2. The Hall–Kier alpha value is -12.9. The molecule has 0 aliphatic heterocycles. The molecule has 0 atom stereocenters. The van der Waals surface area contributed by atoms with E-state index in [9.17, 15) is 0 Å². The molecule has 6 heteroatoms. The van der Waals surface area contributed by atoms with E-state index in [1.807, 2.05) is 18.2 Å². The molecule has 612 valence electrons. The summed E-state index contributed by atoms with van der Waals surface area (Å²) in [7, 11) is 0. The second-order valence-corrected chi connectivity index (χ2v) is 40.1. The van der Waals surface area contributed by atoms with Crippen molar-refractivity contribution < 1.29 is 13.3 Å². The Kier molecular flexibility index (Phi) is 15.8. The molecule has 0 radical (unpaired) electrons. The predicted octanol–water partition coefficient (Wildman–Crippen LogP) is 32.3. The van der Waals surface area contributed by atoms with E-state index in [2.05, 4.69) is 342 Å². The van der Waals surface area contributed by atoms with Crippen LogP contribution in [0.2, 0.25) is 0 Å². The summed E-state index contributed by atoms with van der Waals surface area (Å²) < 4.78 is 19.0. The smallest absolute Gasteiger partial charge is 0.137 e. The van der Waals surface area contributed by atoms with Crippen LogP contribution in [-0.4, -0.2) is 0 Å². The number of rotatable bonds is 9. The van der Waals surface area contributed by atoms with Crippen LogP contribution in [0.4, 0.5) is 51.2 Å². The molecule has 15 aliphatic carbocycles. The average Bonchev–Trinajstić information content (AvgIpc) is 1.50. The Balaban J connectivity index is 0.0000000961. The monoisotopic (exact) mass is 1630 g/mol. The molecule has 0 amide bonds. The molecule has 3 aromatic heterocycles. The van der Waals surface area contributed by atoms with Gasteiger partial charge in [0.25, 0.3) is 0 Å². The van der Waals surface area contributed by atoms with Gasteiger partial charge in [0.15, 0.2) is 0 Å². The van der Waals surface area contributed by atoms with Crippen molar-refractivity contribution in [3.63, 3.8) is 0 Å². The van der Waals surface area contributed by atoms with Gasteiger partial charge in [-0.1, -0.05) is 218 Å². The highest BCUT2D eigenvalue weighted by Gasteiger charge is 2.65. The maximum Gasteiger partial charge on any atom is 0.137 e. The maximum absolute atomic E-state index is 6.39. The maximum atomic E-state index is 6.39. The predicted molar refractivity (Wildman–Crippen MR) is 515 cm³/mol. The van der Waals surface area contributed by atoms with Gasteiger partial charge in [-0.25, -0.2) is 0 Å². The number of para-hydroxylation sites is 6. The van der Waals surface area contributed by atoms with Crippen LogP contribution in [0.25, 0.3) is 99.2 Å². The van der Waals surface area contributed by atoms with E-state index in [4.69, 9.17) is 13.3 Å². The molecule has 18 aromatic rings. The number of anilines is 9. The minimum Gasteiger partial charge on any atom is -0.456 e. The Morgan fingerprint density at radius 2 is 0.437 bits per heavy atom. The molecule has 0 saturated heterocycles. The SMILES string of the molecule is c1ccc(N(c2ccc3c(c2)oc2ccccc23)c2cccc3c2-c2ccccc2C32C3CC4CC(C3)CC2C4)cc1.c1ccc(N(c2ccc3c(c2)oc2ccccc23)c2cccc3c2-c2ccccc2C32C3CC4CC(C3)CC2C4)cc1.c1ccc(N(c2ccc3oc4ccccc4c3c2)c2cccc3c2-c2ccccc2C32C3CC4CC(C3)CC2C4)cc1. The van der Waals surface area contributed by atoms with Crippen molar-refractivity contribution in [3.05, 3.63) is 379 Å². The van der Waals surface area contributed by atoms with Crippen LogP contribution in [-0.2, 0) is 16.2 Å². The van der Waals surface area contributed by atoms with E-state index in [0.29, 0.717) is 0 Å². The highest BCUT2D eigenvalue weighted by molar-refractivity contribution is 6.10. The highest BCUT2D eigenvalue weighted by Crippen LogP contribution is 2.75. The van der Waals surface area contributed by atoms with Crippen molar-refractivity contribution >= 4 is 117 Å². The molecular formula is C120H99N3O3. The third kappa shape index (κ3) is 10.3. The van der Waals surface area contributed by atoms with Crippen LogP contribution in [0, 0.1) is 71.0 Å². The fourth-order valence-corrected chi connectivity index (χ4v) is 30.7. The van der Waals surface area contributed by atoms with E-state index in [-0.39, 0.29) is 16.2 Å². The molecule has 12 bridgehead atoms. The van der Waals surface area contributed by atoms with Crippen molar-refractivity contribution in [2.75, 3.05) is 14.7 Å². The van der Waals surface area contributed by atoms with Gasteiger partial charge in [-0.15, -0.1) is 0 Å². The summed E-state index contributed by atoms with van der Waals surface area (Å²) in [6, 6.07) is 128. The zero-order valence-electron chi connectivity index (χ0n) is 71.0. The van der Waals surface area contributed by atoms with Gasteiger partial charge in [0, 0.05) is 112 Å². The normalized spacial score (nSPS) is 26.7. The van der Waals surface area contributed by atoms with Crippen LogP contribution in [0.3, 0.4) is 0 Å². The molecule has 6 nitrogen and oxygen atoms in total. The minimum atomic E-state index is 0.153. The highest BCUT2D eigenvalue weighted by atomic mass is 16.3. The van der Waals surface area contributed by atoms with Crippen molar-refractivity contribution in [2.24, 2.45) is 71.0 Å². The summed E-state index contributed by atoms with van der Waals surface area (Å²) in [5.74, 6) is 10.2. The lowest BCUT2D eigenvalue weighted by Crippen LogP contribution is -2.55. The Morgan fingerprint density at radius 3 is 0.778 bits per heavy atom. The second kappa shape index (κ2) is 27.6. The van der Waals surface area contributed by atoms with Crippen molar-refractivity contribution in [1.82, 2.24) is 0 Å². The molecule has 15 aliphatic rings. The third-order valence-corrected chi connectivity index (χ3v) is 34.3. The first-order valence-corrected chi connectivity index (χ1v) is 47.4. The first kappa shape index (κ1) is 72.4. The number of fused-ring (bicyclic) bond motifs is 18. The van der Waals surface area contributed by atoms with Crippen molar-refractivity contribution in [1.29, 1.82) is 0 Å². The lowest BCUT2D eigenvalue weighted by molar-refractivity contribution is -0.0399. The number of furan rings is 3. The molecule has 0 unspecified atom stereocenters. The minimum absolute atomic E-state index is 0.153. The lowest BCUT2D eigenvalue weighted by Gasteiger charge is -2.61. The van der Waals surface area contributed by atoms with Gasteiger partial charge in [0.2, 0.25) is 0 Å². The molecule has 12 fully saturated rings. The fourth-order valence-electron chi connectivity index (χ4n) is 30.7. The number of nitrogens with zero attached hydrogens (tertiary/aromatic N) is 3. The fraction of sp³-hybridized carbons (Fsp3) is 0.250. The number of hydrogen-bond donors (Lipinski definition) is 0. The van der Waals surface area contributed by atoms with Gasteiger partial charge >= 0.3 is 0 Å². The number of hydrogen-bond acceptors (Lipinski definition) is 6. The summed E-state index contributed by atoms with van der Waals surface area (Å²) in [4.78, 5) is 7.43. The third-order valence-electron chi connectivity index (χ3n) is 34.3. The summed E-state index contributed by atoms with van der Waals surface area (Å²) >= 11 is 0. The van der Waals surface area contributed by atoms with E-state index in [1.54, 1.807) is 33.4 Å². The number of benzene rings is 15. The molecule has 3 spiro atoms. The molecule has 3 heterocycles. The van der Waals surface area contributed by atoms with Crippen molar-refractivity contribution in [2.45, 2.75) is 113 Å². The topological polar surface area (TPSA) is 49.1 Å². The molecule has 0 N–H and O–H groups in total. The van der Waals surface area contributed by atoms with Crippen LogP contribution in [0.5, 0.6) is 0 Å². The van der Waals surface area contributed by atoms with Gasteiger partial charge in [0.1, 0.15) is 33.5 Å². The van der Waals surface area contributed by atoms with Gasteiger partial charge in [-0.3, -0.25) is 0 Å². The first-order valence-electron chi connectivity index (χ1n) is 47.4. The van der Waals surface area contributed by atoms with E-state index < -0.39 is 0 Å². The zero-order valence-corrected chi connectivity index (χ0v) is 71.0. The summed E-state index contributed by atoms with van der Waals surface area (Å²) in [5.41, 5.74) is 35.1. The largest absolute Gasteiger partial charge is 0.456 e. The Labute approximate surface area is 736 Å². The Bertz CT molecular complexity index is 7060. The first-order chi connectivity index (χ1) is 62.4. The van der Waals surface area contributed by atoms with Crippen molar-refractivity contribution in [3.8, 4) is 33.4 Å². The van der Waals surface area contributed by atoms with Gasteiger partial charge in [-0.05, 0) is 333 Å². The summed E-state index contributed by atoms with van der Waals surface area (Å²) in [6.45, 7) is 0.